The molecular weight excluding hydrogens is 326 g/mol. The molecule has 1 aromatic heterocycles. The highest BCUT2D eigenvalue weighted by atomic mass is 35.5. The van der Waals surface area contributed by atoms with Gasteiger partial charge in [0.15, 0.2) is 14.9 Å². The van der Waals surface area contributed by atoms with Crippen molar-refractivity contribution in [3.05, 3.63) is 22.8 Å². The molecule has 9 heteroatoms. The summed E-state index contributed by atoms with van der Waals surface area (Å²) in [4.78, 5) is 3.32. The van der Waals surface area contributed by atoms with Gasteiger partial charge in [0.25, 0.3) is 0 Å². The largest absolute Gasteiger partial charge is 0.417 e. The van der Waals surface area contributed by atoms with Crippen LogP contribution in [-0.2, 0) is 16.0 Å². The molecule has 0 aromatic carbocycles. The Balaban J connectivity index is 3.16. The normalized spacial score (nSPS) is 14.4. The Kier molecular flexibility index (Phi) is 5.08. The van der Waals surface area contributed by atoms with E-state index in [1.165, 1.54) is 0 Å². The van der Waals surface area contributed by atoms with Gasteiger partial charge in [-0.25, -0.2) is 13.4 Å². The zero-order valence-corrected chi connectivity index (χ0v) is 12.0. The second-order valence-electron chi connectivity index (χ2n) is 4.05. The van der Waals surface area contributed by atoms with Gasteiger partial charge < -0.3 is 0 Å². The number of halogens is 5. The summed E-state index contributed by atoms with van der Waals surface area (Å²) in [5.74, 6) is -0.571. The Bertz CT molecular complexity index is 560. The van der Waals surface area contributed by atoms with Gasteiger partial charge in [-0.05, 0) is 12.0 Å². The van der Waals surface area contributed by atoms with Gasteiger partial charge in [-0.15, -0.1) is 11.6 Å². The van der Waals surface area contributed by atoms with E-state index in [0.29, 0.717) is 12.3 Å². The molecule has 0 aliphatic heterocycles. The zero-order chi connectivity index (χ0) is 14.8. The van der Waals surface area contributed by atoms with Crippen molar-refractivity contribution in [1.29, 1.82) is 0 Å². The lowest BCUT2D eigenvalue weighted by Crippen LogP contribution is -2.17. The van der Waals surface area contributed by atoms with E-state index in [2.05, 4.69) is 4.98 Å². The Morgan fingerprint density at radius 2 is 2.00 bits per heavy atom. The first-order chi connectivity index (χ1) is 8.58. The Morgan fingerprint density at radius 3 is 2.42 bits per heavy atom. The van der Waals surface area contributed by atoms with Crippen LogP contribution in [0.3, 0.4) is 0 Å². The van der Waals surface area contributed by atoms with E-state index in [-0.39, 0.29) is 17.6 Å². The number of rotatable bonds is 4. The van der Waals surface area contributed by atoms with Crippen LogP contribution in [-0.4, -0.2) is 25.0 Å². The van der Waals surface area contributed by atoms with E-state index in [1.807, 2.05) is 0 Å². The third-order valence-electron chi connectivity index (χ3n) is 2.20. The van der Waals surface area contributed by atoms with Crippen LogP contribution in [0.4, 0.5) is 13.2 Å². The summed E-state index contributed by atoms with van der Waals surface area (Å²) in [7, 11) is -3.86. The first-order valence-corrected chi connectivity index (χ1v) is 7.66. The molecule has 1 aromatic rings. The Hall–Kier alpha value is -0.530. The highest BCUT2D eigenvalue weighted by Gasteiger charge is 2.33. The summed E-state index contributed by atoms with van der Waals surface area (Å²) in [6.07, 6.45) is -4.17. The summed E-state index contributed by atoms with van der Waals surface area (Å²) < 4.78 is 61.0. The highest BCUT2D eigenvalue weighted by Crippen LogP contribution is 2.32. The smallest absolute Gasteiger partial charge is 0.243 e. The number of hydrogen-bond acceptors (Lipinski definition) is 3. The van der Waals surface area contributed by atoms with Crippen molar-refractivity contribution in [3.63, 3.8) is 0 Å². The van der Waals surface area contributed by atoms with Crippen LogP contribution in [0.2, 0.25) is 5.02 Å². The molecule has 0 N–H and O–H groups in total. The van der Waals surface area contributed by atoms with Crippen molar-refractivity contribution in [3.8, 4) is 0 Å². The maximum Gasteiger partial charge on any atom is 0.417 e. The summed E-state index contributed by atoms with van der Waals surface area (Å²) in [5, 5.41) is -1.10. The highest BCUT2D eigenvalue weighted by molar-refractivity contribution is 7.91. The fourth-order valence-corrected chi connectivity index (χ4v) is 3.66. The minimum absolute atomic E-state index is 0.109. The van der Waals surface area contributed by atoms with Crippen molar-refractivity contribution < 1.29 is 21.6 Å². The van der Waals surface area contributed by atoms with E-state index in [1.54, 1.807) is 6.92 Å². The summed E-state index contributed by atoms with van der Waals surface area (Å²) in [5.41, 5.74) is -1.10. The Morgan fingerprint density at radius 1 is 1.42 bits per heavy atom. The average Bonchev–Trinajstić information content (AvgIpc) is 2.26. The third kappa shape index (κ3) is 4.22. The molecule has 108 valence electrons. The van der Waals surface area contributed by atoms with Crippen LogP contribution in [0, 0.1) is 5.92 Å². The molecule has 0 amide bonds. The summed E-state index contributed by atoms with van der Waals surface area (Å²) in [6.45, 7) is 1.60. The lowest BCUT2D eigenvalue weighted by atomic mass is 10.3. The van der Waals surface area contributed by atoms with Crippen molar-refractivity contribution in [2.45, 2.75) is 18.1 Å². The van der Waals surface area contributed by atoms with E-state index in [0.717, 1.165) is 0 Å². The molecule has 3 nitrogen and oxygen atoms in total. The predicted molar refractivity (Wildman–Crippen MR) is 66.2 cm³/mol. The minimum atomic E-state index is -4.62. The molecule has 0 saturated heterocycles. The molecule has 0 bridgehead atoms. The molecule has 0 fully saturated rings. The maximum atomic E-state index is 12.4. The van der Waals surface area contributed by atoms with E-state index in [9.17, 15) is 21.6 Å². The number of pyridine rings is 1. The average molecular weight is 336 g/mol. The maximum absolute atomic E-state index is 12.4. The molecule has 1 rings (SSSR count). The summed E-state index contributed by atoms with van der Waals surface area (Å²) >= 11 is 11.1. The molecule has 1 heterocycles. The van der Waals surface area contributed by atoms with Gasteiger partial charge in [-0.2, -0.15) is 13.2 Å². The van der Waals surface area contributed by atoms with Gasteiger partial charge in [0.2, 0.25) is 0 Å². The molecule has 0 radical (unpaired) electrons. The SMILES string of the molecule is CC(CCl)CS(=O)(=O)c1ncc(C(F)(F)F)cc1Cl. The zero-order valence-electron chi connectivity index (χ0n) is 9.71. The molecule has 1 unspecified atom stereocenters. The van der Waals surface area contributed by atoms with Crippen LogP contribution in [0.5, 0.6) is 0 Å². The van der Waals surface area contributed by atoms with Crippen molar-refractivity contribution in [1.82, 2.24) is 4.98 Å². The van der Waals surface area contributed by atoms with Gasteiger partial charge in [0.1, 0.15) is 0 Å². The first-order valence-electron chi connectivity index (χ1n) is 5.09. The predicted octanol–water partition coefficient (Wildman–Crippen LogP) is 3.40. The van der Waals surface area contributed by atoms with Gasteiger partial charge in [0.05, 0.1) is 16.3 Å². The topological polar surface area (TPSA) is 47.0 Å². The first kappa shape index (κ1) is 16.5. The fourth-order valence-electron chi connectivity index (χ4n) is 1.31. The van der Waals surface area contributed by atoms with Crippen molar-refractivity contribution >= 4 is 33.0 Å². The number of nitrogens with zero attached hydrogens (tertiary/aromatic N) is 1. The molecule has 0 aliphatic carbocycles. The molecule has 0 saturated carbocycles. The van der Waals surface area contributed by atoms with E-state index >= 15 is 0 Å². The van der Waals surface area contributed by atoms with Gasteiger partial charge in [0, 0.05) is 12.1 Å². The van der Waals surface area contributed by atoms with Crippen LogP contribution < -0.4 is 0 Å². The molecule has 19 heavy (non-hydrogen) atoms. The van der Waals surface area contributed by atoms with Crippen LogP contribution in [0.1, 0.15) is 12.5 Å². The second-order valence-corrected chi connectivity index (χ2v) is 6.71. The molecular formula is C10H10Cl2F3NO2S. The van der Waals surface area contributed by atoms with E-state index in [4.69, 9.17) is 23.2 Å². The minimum Gasteiger partial charge on any atom is -0.243 e. The number of aromatic nitrogens is 1. The molecule has 0 spiro atoms. The van der Waals surface area contributed by atoms with Crippen LogP contribution >= 0.6 is 23.2 Å². The van der Waals surface area contributed by atoms with Gasteiger partial charge >= 0.3 is 6.18 Å². The Labute approximate surface area is 118 Å². The standard InChI is InChI=1S/C10H10Cl2F3NO2S/c1-6(3-11)5-19(17,18)9-8(12)2-7(4-16-9)10(13,14)15/h2,4,6H,3,5H2,1H3. The number of sulfone groups is 1. The van der Waals surface area contributed by atoms with Crippen molar-refractivity contribution in [2.24, 2.45) is 5.92 Å². The lowest BCUT2D eigenvalue weighted by molar-refractivity contribution is -0.137. The monoisotopic (exact) mass is 335 g/mol. The lowest BCUT2D eigenvalue weighted by Gasteiger charge is -2.11. The second kappa shape index (κ2) is 5.85. The number of alkyl halides is 4. The number of hydrogen-bond donors (Lipinski definition) is 0. The molecule has 1 atom stereocenters. The molecule has 0 aliphatic rings. The van der Waals surface area contributed by atoms with Gasteiger partial charge in [-0.1, -0.05) is 18.5 Å². The summed E-state index contributed by atoms with van der Waals surface area (Å²) in [6, 6.07) is 0.548. The van der Waals surface area contributed by atoms with Gasteiger partial charge in [-0.3, -0.25) is 0 Å². The fraction of sp³-hybridized carbons (Fsp3) is 0.500. The van der Waals surface area contributed by atoms with E-state index < -0.39 is 31.6 Å². The third-order valence-corrected chi connectivity index (χ3v) is 5.05. The quantitative estimate of drug-likeness (QED) is 0.792. The van der Waals surface area contributed by atoms with Crippen molar-refractivity contribution in [2.75, 3.05) is 11.6 Å². The van der Waals surface area contributed by atoms with Crippen LogP contribution in [0.15, 0.2) is 17.3 Å². The van der Waals surface area contributed by atoms with Crippen LogP contribution in [0.25, 0.3) is 0 Å².